The van der Waals surface area contributed by atoms with Gasteiger partial charge in [-0.3, -0.25) is 14.5 Å². The maximum absolute atomic E-state index is 12.2. The average Bonchev–Trinajstić information content (AvgIpc) is 2.56. The molecule has 0 aromatic carbocycles. The third-order valence-corrected chi connectivity index (χ3v) is 3.58. The highest BCUT2D eigenvalue weighted by atomic mass is 16.2. The Morgan fingerprint density at radius 1 is 1.24 bits per heavy atom. The number of rotatable bonds is 2. The van der Waals surface area contributed by atoms with E-state index >= 15 is 0 Å². The van der Waals surface area contributed by atoms with Crippen molar-refractivity contribution in [2.24, 2.45) is 17.8 Å². The van der Waals surface area contributed by atoms with E-state index in [1.165, 1.54) is 4.90 Å². The van der Waals surface area contributed by atoms with Gasteiger partial charge in [-0.15, -0.1) is 0 Å². The number of nitriles is 1. The predicted molar refractivity (Wildman–Crippen MR) is 61.4 cm³/mol. The largest absolute Gasteiger partial charge is 0.274 e. The second-order valence-corrected chi connectivity index (χ2v) is 5.02. The smallest absolute Gasteiger partial charge is 0.234 e. The highest BCUT2D eigenvalue weighted by Gasteiger charge is 2.50. The number of fused-ring (bicyclic) bond motifs is 1. The summed E-state index contributed by atoms with van der Waals surface area (Å²) >= 11 is 0. The van der Waals surface area contributed by atoms with Gasteiger partial charge in [-0.1, -0.05) is 26.0 Å². The zero-order valence-electron chi connectivity index (χ0n) is 10.1. The van der Waals surface area contributed by atoms with Crippen LogP contribution in [0.1, 0.15) is 26.7 Å². The Balaban J connectivity index is 2.29. The maximum atomic E-state index is 12.2. The van der Waals surface area contributed by atoms with Gasteiger partial charge < -0.3 is 0 Å². The van der Waals surface area contributed by atoms with Crippen LogP contribution in [0.15, 0.2) is 12.2 Å². The van der Waals surface area contributed by atoms with E-state index < -0.39 is 6.04 Å². The first-order chi connectivity index (χ1) is 8.07. The first kappa shape index (κ1) is 11.8. The van der Waals surface area contributed by atoms with Crippen LogP contribution < -0.4 is 0 Å². The molecule has 3 atom stereocenters. The van der Waals surface area contributed by atoms with Crippen LogP contribution in [-0.4, -0.2) is 22.8 Å². The molecule has 0 radical (unpaired) electrons. The van der Waals surface area contributed by atoms with Crippen LogP contribution in [-0.2, 0) is 9.59 Å². The van der Waals surface area contributed by atoms with E-state index in [2.05, 4.69) is 6.07 Å². The van der Waals surface area contributed by atoms with Gasteiger partial charge in [0.2, 0.25) is 11.8 Å². The minimum atomic E-state index is -0.624. The van der Waals surface area contributed by atoms with Crippen LogP contribution in [0.5, 0.6) is 0 Å². The molecule has 1 unspecified atom stereocenters. The number of carbonyl (C=O) groups excluding carboxylic acids is 2. The Morgan fingerprint density at radius 2 is 1.71 bits per heavy atom. The molecule has 1 heterocycles. The van der Waals surface area contributed by atoms with E-state index in [1.807, 2.05) is 26.0 Å². The lowest BCUT2D eigenvalue weighted by atomic mass is 9.85. The number of amides is 2. The molecule has 4 nitrogen and oxygen atoms in total. The highest BCUT2D eigenvalue weighted by Crippen LogP contribution is 2.36. The van der Waals surface area contributed by atoms with Crippen LogP contribution in [0.4, 0.5) is 0 Å². The molecule has 0 bridgehead atoms. The maximum Gasteiger partial charge on any atom is 0.234 e. The Bertz CT molecular complexity index is 394. The summed E-state index contributed by atoms with van der Waals surface area (Å²) in [6.07, 6.45) is 5.16. The summed E-state index contributed by atoms with van der Waals surface area (Å²) in [5.74, 6) is -0.820. The minimum Gasteiger partial charge on any atom is -0.274 e. The molecule has 0 spiro atoms. The fraction of sp³-hybridized carbons (Fsp3) is 0.615. The summed E-state index contributed by atoms with van der Waals surface area (Å²) in [5.41, 5.74) is 0. The molecule has 2 rings (SSSR count). The number of imide groups is 1. The van der Waals surface area contributed by atoms with Crippen molar-refractivity contribution in [2.45, 2.75) is 32.7 Å². The number of allylic oxidation sites excluding steroid dienone is 2. The Hall–Kier alpha value is -1.63. The first-order valence-corrected chi connectivity index (χ1v) is 5.99. The van der Waals surface area contributed by atoms with Gasteiger partial charge in [0, 0.05) is 0 Å². The summed E-state index contributed by atoms with van der Waals surface area (Å²) in [6.45, 7) is 3.71. The minimum absolute atomic E-state index is 0.0268. The van der Waals surface area contributed by atoms with Gasteiger partial charge in [-0.05, 0) is 18.8 Å². The van der Waals surface area contributed by atoms with E-state index in [0.717, 1.165) is 0 Å². The van der Waals surface area contributed by atoms with Gasteiger partial charge in [-0.25, -0.2) is 0 Å². The molecular formula is C13H16N2O2. The van der Waals surface area contributed by atoms with Crippen LogP contribution >= 0.6 is 0 Å². The zero-order chi connectivity index (χ0) is 12.6. The van der Waals surface area contributed by atoms with E-state index in [9.17, 15) is 9.59 Å². The fourth-order valence-electron chi connectivity index (χ4n) is 2.61. The Labute approximate surface area is 101 Å². The van der Waals surface area contributed by atoms with Crippen LogP contribution in [0, 0.1) is 29.1 Å². The molecule has 0 N–H and O–H groups in total. The summed E-state index contributed by atoms with van der Waals surface area (Å²) in [7, 11) is 0. The molecule has 1 fully saturated rings. The number of hydrogen-bond acceptors (Lipinski definition) is 3. The molecule has 1 aliphatic carbocycles. The topological polar surface area (TPSA) is 61.2 Å². The molecule has 17 heavy (non-hydrogen) atoms. The quantitative estimate of drug-likeness (QED) is 0.535. The average molecular weight is 232 g/mol. The number of hydrogen-bond donors (Lipinski definition) is 0. The van der Waals surface area contributed by atoms with E-state index in [1.54, 1.807) is 0 Å². The third kappa shape index (κ3) is 1.76. The van der Waals surface area contributed by atoms with Crippen molar-refractivity contribution >= 4 is 11.8 Å². The SMILES string of the molecule is CC(C)C(C#N)N1C(=O)[C@H]2CC=CC[C@H]2C1=O. The molecule has 90 valence electrons. The van der Waals surface area contributed by atoms with Crippen molar-refractivity contribution in [1.29, 1.82) is 5.26 Å². The molecular weight excluding hydrogens is 216 g/mol. The molecule has 1 saturated heterocycles. The van der Waals surface area contributed by atoms with Gasteiger partial charge in [-0.2, -0.15) is 5.26 Å². The molecule has 4 heteroatoms. The Morgan fingerprint density at radius 3 is 2.06 bits per heavy atom. The molecule has 1 aliphatic heterocycles. The van der Waals surface area contributed by atoms with Crippen molar-refractivity contribution in [3.8, 4) is 6.07 Å². The van der Waals surface area contributed by atoms with Gasteiger partial charge in [0.05, 0.1) is 17.9 Å². The van der Waals surface area contributed by atoms with Crippen molar-refractivity contribution in [3.63, 3.8) is 0 Å². The van der Waals surface area contributed by atoms with Gasteiger partial charge in [0.25, 0.3) is 0 Å². The summed E-state index contributed by atoms with van der Waals surface area (Å²) in [6, 6.07) is 1.45. The van der Waals surface area contributed by atoms with E-state index in [0.29, 0.717) is 12.8 Å². The van der Waals surface area contributed by atoms with Crippen LogP contribution in [0.2, 0.25) is 0 Å². The van der Waals surface area contributed by atoms with Crippen molar-refractivity contribution in [1.82, 2.24) is 4.90 Å². The van der Waals surface area contributed by atoms with Crippen LogP contribution in [0.25, 0.3) is 0 Å². The standard InChI is InChI=1S/C13H16N2O2/c1-8(2)11(7-14)15-12(16)9-5-3-4-6-10(9)13(15)17/h3-4,8-11H,5-6H2,1-2H3/t9-,10+,11?. The Kier molecular flexibility index (Phi) is 3.01. The van der Waals surface area contributed by atoms with E-state index in [4.69, 9.17) is 5.26 Å². The second-order valence-electron chi connectivity index (χ2n) is 5.02. The lowest BCUT2D eigenvalue weighted by Gasteiger charge is -2.23. The second kappa shape index (κ2) is 4.33. The summed E-state index contributed by atoms with van der Waals surface area (Å²) < 4.78 is 0. The fourth-order valence-corrected chi connectivity index (χ4v) is 2.61. The van der Waals surface area contributed by atoms with E-state index in [-0.39, 0.29) is 29.6 Å². The molecule has 0 aromatic rings. The molecule has 2 aliphatic rings. The van der Waals surface area contributed by atoms with Crippen LogP contribution in [0.3, 0.4) is 0 Å². The number of nitrogens with zero attached hydrogens (tertiary/aromatic N) is 2. The monoisotopic (exact) mass is 232 g/mol. The molecule has 0 aromatic heterocycles. The number of likely N-dealkylation sites (tertiary alicyclic amines) is 1. The third-order valence-electron chi connectivity index (χ3n) is 3.58. The summed E-state index contributed by atoms with van der Waals surface area (Å²) in [4.78, 5) is 25.6. The predicted octanol–water partition coefficient (Wildman–Crippen LogP) is 1.49. The van der Waals surface area contributed by atoms with Gasteiger partial charge in [0.15, 0.2) is 0 Å². The lowest BCUT2D eigenvalue weighted by Crippen LogP contribution is -2.42. The zero-order valence-corrected chi connectivity index (χ0v) is 10.1. The number of carbonyl (C=O) groups is 2. The molecule has 0 saturated carbocycles. The van der Waals surface area contributed by atoms with Gasteiger partial charge in [0.1, 0.15) is 6.04 Å². The van der Waals surface area contributed by atoms with Crippen molar-refractivity contribution in [2.75, 3.05) is 0 Å². The first-order valence-electron chi connectivity index (χ1n) is 5.99. The summed E-state index contributed by atoms with van der Waals surface area (Å²) in [5, 5.41) is 9.11. The van der Waals surface area contributed by atoms with Crippen molar-refractivity contribution < 1.29 is 9.59 Å². The highest BCUT2D eigenvalue weighted by molar-refractivity contribution is 6.06. The molecule has 2 amide bonds. The van der Waals surface area contributed by atoms with Crippen molar-refractivity contribution in [3.05, 3.63) is 12.2 Å². The van der Waals surface area contributed by atoms with Gasteiger partial charge >= 0.3 is 0 Å². The normalized spacial score (nSPS) is 29.4. The lowest BCUT2D eigenvalue weighted by molar-refractivity contribution is -0.142.